The summed E-state index contributed by atoms with van der Waals surface area (Å²) in [5, 5.41) is 9.45. The van der Waals surface area contributed by atoms with Crippen molar-refractivity contribution in [3.05, 3.63) is 24.8 Å². The van der Waals surface area contributed by atoms with Gasteiger partial charge in [-0.3, -0.25) is 4.57 Å². The first-order chi connectivity index (χ1) is 11.1. The Morgan fingerprint density at radius 1 is 1.57 bits per heavy atom. The molecule has 3 N–H and O–H groups in total. The van der Waals surface area contributed by atoms with Crippen molar-refractivity contribution in [1.82, 2.24) is 19.5 Å². The van der Waals surface area contributed by atoms with Gasteiger partial charge in [0.15, 0.2) is 11.5 Å². The third kappa shape index (κ3) is 2.88. The number of carbonyl (C=O) groups is 1. The number of rotatable bonds is 4. The van der Waals surface area contributed by atoms with E-state index in [9.17, 15) is 9.90 Å². The summed E-state index contributed by atoms with van der Waals surface area (Å²) < 4.78 is 12.8. The number of hydrogen-bond acceptors (Lipinski definition) is 8. The van der Waals surface area contributed by atoms with Gasteiger partial charge in [0.1, 0.15) is 30.3 Å². The Hall–Kier alpha value is -2.52. The molecule has 122 valence electrons. The third-order valence-electron chi connectivity index (χ3n) is 3.63. The summed E-state index contributed by atoms with van der Waals surface area (Å²) in [6.07, 6.45) is 4.56. The fourth-order valence-electron chi connectivity index (χ4n) is 2.56. The molecule has 0 unspecified atom stereocenters. The molecule has 9 heteroatoms. The summed E-state index contributed by atoms with van der Waals surface area (Å²) in [5.41, 5.74) is 6.77. The van der Waals surface area contributed by atoms with E-state index in [1.54, 1.807) is 23.9 Å². The van der Waals surface area contributed by atoms with Crippen LogP contribution in [0.15, 0.2) is 24.8 Å². The van der Waals surface area contributed by atoms with E-state index in [0.29, 0.717) is 17.6 Å². The number of ether oxygens (including phenoxy) is 2. The number of aliphatic hydroxyl groups excluding tert-OH is 1. The molecule has 0 spiro atoms. The van der Waals surface area contributed by atoms with Gasteiger partial charge in [0.25, 0.3) is 0 Å². The standard InChI is InChI=1S/C14H17N5O4/c1-2-3-11(21)23-8-4-10(22-9(8)5-20)19-7-18-12-13(15)16-6-17-14(12)19/h2-3,6-10,20H,4-5H2,1H3,(H2,15,16,17)/b3-2+/t8-,9+,10+/m0/s1. The zero-order valence-electron chi connectivity index (χ0n) is 12.5. The van der Waals surface area contributed by atoms with E-state index in [4.69, 9.17) is 15.2 Å². The van der Waals surface area contributed by atoms with Crippen LogP contribution in [-0.2, 0) is 14.3 Å². The minimum Gasteiger partial charge on any atom is -0.456 e. The maximum absolute atomic E-state index is 11.6. The molecule has 0 amide bonds. The SMILES string of the molecule is C/C=C/C(=O)O[C@H]1C[C@H](n2cnc3c(N)ncnc32)O[C@@H]1CO. The number of nitrogens with zero attached hydrogens (tertiary/aromatic N) is 4. The Balaban J connectivity index is 1.83. The van der Waals surface area contributed by atoms with Crippen molar-refractivity contribution in [1.29, 1.82) is 0 Å². The van der Waals surface area contributed by atoms with Crippen LogP contribution in [0.1, 0.15) is 19.6 Å². The molecule has 2 aromatic heterocycles. The lowest BCUT2D eigenvalue weighted by Gasteiger charge is -2.15. The van der Waals surface area contributed by atoms with Crippen LogP contribution >= 0.6 is 0 Å². The average Bonchev–Trinajstić information content (AvgIpc) is 3.12. The summed E-state index contributed by atoms with van der Waals surface area (Å²) >= 11 is 0. The quantitative estimate of drug-likeness (QED) is 0.603. The molecule has 9 nitrogen and oxygen atoms in total. The number of nitrogens with two attached hydrogens (primary N) is 1. The number of nitrogen functional groups attached to an aromatic ring is 1. The van der Waals surface area contributed by atoms with Gasteiger partial charge in [-0.2, -0.15) is 0 Å². The maximum Gasteiger partial charge on any atom is 0.330 e. The normalized spacial score (nSPS) is 24.5. The minimum atomic E-state index is -0.606. The molecule has 23 heavy (non-hydrogen) atoms. The first-order valence-corrected chi connectivity index (χ1v) is 7.16. The van der Waals surface area contributed by atoms with Crippen molar-refractivity contribution in [3.63, 3.8) is 0 Å². The number of carbonyl (C=O) groups excluding carboxylic acids is 1. The molecule has 1 aliphatic rings. The van der Waals surface area contributed by atoms with E-state index in [-0.39, 0.29) is 12.4 Å². The summed E-state index contributed by atoms with van der Waals surface area (Å²) in [6, 6.07) is 0. The second-order valence-corrected chi connectivity index (χ2v) is 5.11. The van der Waals surface area contributed by atoms with Gasteiger partial charge in [0.2, 0.25) is 0 Å². The van der Waals surface area contributed by atoms with E-state index in [2.05, 4.69) is 15.0 Å². The Bertz CT molecular complexity index is 744. The summed E-state index contributed by atoms with van der Waals surface area (Å²) in [4.78, 5) is 23.8. The Morgan fingerprint density at radius 2 is 2.39 bits per heavy atom. The van der Waals surface area contributed by atoms with Crippen molar-refractivity contribution in [2.24, 2.45) is 0 Å². The van der Waals surface area contributed by atoms with Gasteiger partial charge in [0, 0.05) is 12.5 Å². The highest BCUT2D eigenvalue weighted by molar-refractivity contribution is 5.82. The van der Waals surface area contributed by atoms with Crippen LogP contribution in [0.5, 0.6) is 0 Å². The monoisotopic (exact) mass is 319 g/mol. The van der Waals surface area contributed by atoms with Crippen LogP contribution in [-0.4, -0.2) is 49.4 Å². The van der Waals surface area contributed by atoms with Crippen LogP contribution in [0.4, 0.5) is 5.82 Å². The second kappa shape index (κ2) is 6.31. The van der Waals surface area contributed by atoms with Gasteiger partial charge in [0.05, 0.1) is 12.9 Å². The molecule has 3 atom stereocenters. The number of aromatic nitrogens is 4. The van der Waals surface area contributed by atoms with Crippen molar-refractivity contribution in [3.8, 4) is 0 Å². The van der Waals surface area contributed by atoms with E-state index >= 15 is 0 Å². The molecule has 2 aromatic rings. The average molecular weight is 319 g/mol. The van der Waals surface area contributed by atoms with Crippen LogP contribution in [0.3, 0.4) is 0 Å². The first-order valence-electron chi connectivity index (χ1n) is 7.16. The van der Waals surface area contributed by atoms with Crippen molar-refractivity contribution in [2.45, 2.75) is 31.8 Å². The van der Waals surface area contributed by atoms with Gasteiger partial charge in [-0.25, -0.2) is 19.7 Å². The van der Waals surface area contributed by atoms with Crippen molar-refractivity contribution < 1.29 is 19.4 Å². The summed E-state index contributed by atoms with van der Waals surface area (Å²) in [6.45, 7) is 1.47. The third-order valence-corrected chi connectivity index (χ3v) is 3.63. The number of esters is 1. The molecule has 1 aliphatic heterocycles. The van der Waals surface area contributed by atoms with Gasteiger partial charge in [-0.15, -0.1) is 0 Å². The number of imidazole rings is 1. The largest absolute Gasteiger partial charge is 0.456 e. The smallest absolute Gasteiger partial charge is 0.330 e. The van der Waals surface area contributed by atoms with Crippen LogP contribution in [0, 0.1) is 0 Å². The van der Waals surface area contributed by atoms with Gasteiger partial charge in [-0.05, 0) is 6.92 Å². The highest BCUT2D eigenvalue weighted by Crippen LogP contribution is 2.32. The topological polar surface area (TPSA) is 125 Å². The lowest BCUT2D eigenvalue weighted by Crippen LogP contribution is -2.29. The molecule has 0 aliphatic carbocycles. The molecule has 0 saturated carbocycles. The zero-order valence-corrected chi connectivity index (χ0v) is 12.5. The van der Waals surface area contributed by atoms with Crippen molar-refractivity contribution in [2.75, 3.05) is 12.3 Å². The lowest BCUT2D eigenvalue weighted by atomic mass is 10.2. The molecular weight excluding hydrogens is 302 g/mol. The fraction of sp³-hybridized carbons (Fsp3) is 0.429. The van der Waals surface area contributed by atoms with Crippen molar-refractivity contribution >= 4 is 23.0 Å². The molecule has 0 radical (unpaired) electrons. The predicted octanol–water partition coefficient (Wildman–Crippen LogP) is 0.176. The Morgan fingerprint density at radius 3 is 3.13 bits per heavy atom. The van der Waals surface area contributed by atoms with E-state index in [1.165, 1.54) is 12.4 Å². The highest BCUT2D eigenvalue weighted by atomic mass is 16.6. The highest BCUT2D eigenvalue weighted by Gasteiger charge is 2.39. The van der Waals surface area contributed by atoms with Gasteiger partial charge < -0.3 is 20.3 Å². The number of allylic oxidation sites excluding steroid dienone is 1. The molecule has 1 saturated heterocycles. The number of aliphatic hydroxyl groups is 1. The Kier molecular flexibility index (Phi) is 4.22. The molecular formula is C14H17N5O4. The van der Waals surface area contributed by atoms with Crippen LogP contribution in [0.2, 0.25) is 0 Å². The number of hydrogen-bond donors (Lipinski definition) is 2. The van der Waals surface area contributed by atoms with E-state index < -0.39 is 24.4 Å². The lowest BCUT2D eigenvalue weighted by molar-refractivity contribution is -0.147. The minimum absolute atomic E-state index is 0.256. The van der Waals surface area contributed by atoms with Gasteiger partial charge in [-0.1, -0.05) is 6.08 Å². The molecule has 1 fully saturated rings. The van der Waals surface area contributed by atoms with Crippen LogP contribution in [0.25, 0.3) is 11.2 Å². The number of anilines is 1. The first kappa shape index (κ1) is 15.4. The molecule has 3 heterocycles. The second-order valence-electron chi connectivity index (χ2n) is 5.11. The summed E-state index contributed by atoms with van der Waals surface area (Å²) in [7, 11) is 0. The Labute approximate surface area is 131 Å². The number of fused-ring (bicyclic) bond motifs is 1. The summed E-state index contributed by atoms with van der Waals surface area (Å²) in [5.74, 6) is -0.191. The molecule has 0 bridgehead atoms. The van der Waals surface area contributed by atoms with E-state index in [1.807, 2.05) is 0 Å². The fourth-order valence-corrected chi connectivity index (χ4v) is 2.56. The zero-order chi connectivity index (χ0) is 16.4. The van der Waals surface area contributed by atoms with Crippen LogP contribution < -0.4 is 5.73 Å². The van der Waals surface area contributed by atoms with E-state index in [0.717, 1.165) is 0 Å². The predicted molar refractivity (Wildman–Crippen MR) is 80.0 cm³/mol. The maximum atomic E-state index is 11.6. The van der Waals surface area contributed by atoms with Gasteiger partial charge >= 0.3 is 5.97 Å². The molecule has 3 rings (SSSR count). The molecule has 0 aromatic carbocycles.